The summed E-state index contributed by atoms with van der Waals surface area (Å²) in [6, 6.07) is 12.7. The molecule has 100 valence electrons. The van der Waals surface area contributed by atoms with Crippen LogP contribution in [0.25, 0.3) is 0 Å². The maximum Gasteiger partial charge on any atom is 0.0361 e. The van der Waals surface area contributed by atoms with Crippen LogP contribution in [0.3, 0.4) is 0 Å². The molecule has 0 saturated carbocycles. The SMILES string of the molecule is CC(C)c1ccc(C(N)C(C)c2ccncc2)cc1. The lowest BCUT2D eigenvalue weighted by Gasteiger charge is -2.21. The quantitative estimate of drug-likeness (QED) is 0.895. The maximum absolute atomic E-state index is 6.38. The molecular formula is C17H22N2. The third kappa shape index (κ3) is 3.21. The van der Waals surface area contributed by atoms with Crippen LogP contribution in [-0.4, -0.2) is 4.98 Å². The molecule has 2 rings (SSSR count). The van der Waals surface area contributed by atoms with Gasteiger partial charge in [0.15, 0.2) is 0 Å². The van der Waals surface area contributed by atoms with Gasteiger partial charge in [0.25, 0.3) is 0 Å². The second kappa shape index (κ2) is 5.98. The van der Waals surface area contributed by atoms with Gasteiger partial charge in [0, 0.05) is 24.4 Å². The highest BCUT2D eigenvalue weighted by Gasteiger charge is 2.16. The molecule has 0 aliphatic carbocycles. The smallest absolute Gasteiger partial charge is 0.0361 e. The Hall–Kier alpha value is -1.67. The maximum atomic E-state index is 6.38. The average Bonchev–Trinajstić information content (AvgIpc) is 2.46. The number of nitrogens with zero attached hydrogens (tertiary/aromatic N) is 1. The van der Waals surface area contributed by atoms with Crippen LogP contribution in [0, 0.1) is 0 Å². The molecule has 1 heterocycles. The van der Waals surface area contributed by atoms with Crippen LogP contribution in [0.5, 0.6) is 0 Å². The summed E-state index contributed by atoms with van der Waals surface area (Å²) < 4.78 is 0. The van der Waals surface area contributed by atoms with E-state index in [-0.39, 0.29) is 12.0 Å². The summed E-state index contributed by atoms with van der Waals surface area (Å²) >= 11 is 0. The molecule has 0 aliphatic rings. The molecule has 0 aliphatic heterocycles. The third-order valence-corrected chi connectivity index (χ3v) is 3.76. The summed E-state index contributed by atoms with van der Waals surface area (Å²) in [6.45, 7) is 6.57. The predicted molar refractivity (Wildman–Crippen MR) is 80.1 cm³/mol. The molecule has 0 bridgehead atoms. The second-order valence-electron chi connectivity index (χ2n) is 5.42. The Morgan fingerprint density at radius 2 is 1.32 bits per heavy atom. The van der Waals surface area contributed by atoms with E-state index < -0.39 is 0 Å². The molecule has 0 fully saturated rings. The Morgan fingerprint density at radius 1 is 0.789 bits per heavy atom. The number of hydrogen-bond donors (Lipinski definition) is 1. The Morgan fingerprint density at radius 3 is 1.84 bits per heavy atom. The molecule has 2 atom stereocenters. The van der Waals surface area contributed by atoms with E-state index in [1.54, 1.807) is 0 Å². The number of nitrogens with two attached hydrogens (primary N) is 1. The van der Waals surface area contributed by atoms with Crippen molar-refractivity contribution >= 4 is 0 Å². The summed E-state index contributed by atoms with van der Waals surface area (Å²) in [7, 11) is 0. The van der Waals surface area contributed by atoms with Crippen molar-refractivity contribution in [2.75, 3.05) is 0 Å². The fraction of sp³-hybridized carbons (Fsp3) is 0.353. The number of rotatable bonds is 4. The molecule has 1 aromatic carbocycles. The summed E-state index contributed by atoms with van der Waals surface area (Å²) in [4.78, 5) is 4.05. The molecule has 0 radical (unpaired) electrons. The van der Waals surface area contributed by atoms with Gasteiger partial charge in [-0.1, -0.05) is 45.0 Å². The molecule has 2 unspecified atom stereocenters. The monoisotopic (exact) mass is 254 g/mol. The first-order chi connectivity index (χ1) is 9.09. The van der Waals surface area contributed by atoms with Gasteiger partial charge >= 0.3 is 0 Å². The number of pyridine rings is 1. The number of aromatic nitrogens is 1. The van der Waals surface area contributed by atoms with Crippen molar-refractivity contribution in [1.82, 2.24) is 4.98 Å². The van der Waals surface area contributed by atoms with Crippen LogP contribution >= 0.6 is 0 Å². The molecule has 1 aromatic heterocycles. The molecule has 2 N–H and O–H groups in total. The lowest BCUT2D eigenvalue weighted by molar-refractivity contribution is 0.597. The van der Waals surface area contributed by atoms with Crippen molar-refractivity contribution in [2.24, 2.45) is 5.73 Å². The second-order valence-corrected chi connectivity index (χ2v) is 5.42. The topological polar surface area (TPSA) is 38.9 Å². The van der Waals surface area contributed by atoms with Gasteiger partial charge in [-0.25, -0.2) is 0 Å². The predicted octanol–water partition coefficient (Wildman–Crippen LogP) is 4.01. The van der Waals surface area contributed by atoms with E-state index in [1.807, 2.05) is 24.5 Å². The summed E-state index contributed by atoms with van der Waals surface area (Å²) in [5.41, 5.74) is 10.2. The van der Waals surface area contributed by atoms with Crippen LogP contribution in [0.2, 0.25) is 0 Å². The molecular weight excluding hydrogens is 232 g/mol. The zero-order chi connectivity index (χ0) is 13.8. The van der Waals surface area contributed by atoms with Crippen LogP contribution in [0.1, 0.15) is 55.3 Å². The van der Waals surface area contributed by atoms with E-state index in [4.69, 9.17) is 5.73 Å². The van der Waals surface area contributed by atoms with Gasteiger partial charge in [0.2, 0.25) is 0 Å². The van der Waals surface area contributed by atoms with Crippen LogP contribution in [0.4, 0.5) is 0 Å². The molecule has 0 spiro atoms. The van der Waals surface area contributed by atoms with Gasteiger partial charge in [0.1, 0.15) is 0 Å². The van der Waals surface area contributed by atoms with Gasteiger partial charge in [-0.05, 0) is 34.7 Å². The minimum atomic E-state index is 0.0172. The van der Waals surface area contributed by atoms with Gasteiger partial charge in [-0.2, -0.15) is 0 Å². The fourth-order valence-electron chi connectivity index (χ4n) is 2.27. The van der Waals surface area contributed by atoms with Gasteiger partial charge in [0.05, 0.1) is 0 Å². The van der Waals surface area contributed by atoms with Crippen LogP contribution < -0.4 is 5.73 Å². The molecule has 0 amide bonds. The van der Waals surface area contributed by atoms with E-state index in [0.717, 1.165) is 0 Å². The zero-order valence-electron chi connectivity index (χ0n) is 11.9. The van der Waals surface area contributed by atoms with Crippen molar-refractivity contribution < 1.29 is 0 Å². The Balaban J connectivity index is 2.17. The average molecular weight is 254 g/mol. The van der Waals surface area contributed by atoms with Crippen LogP contribution in [-0.2, 0) is 0 Å². The zero-order valence-corrected chi connectivity index (χ0v) is 11.9. The Kier molecular flexibility index (Phi) is 4.33. The van der Waals surface area contributed by atoms with E-state index >= 15 is 0 Å². The molecule has 2 aromatic rings. The van der Waals surface area contributed by atoms with Gasteiger partial charge in [-0.3, -0.25) is 4.98 Å². The van der Waals surface area contributed by atoms with Gasteiger partial charge < -0.3 is 5.73 Å². The highest BCUT2D eigenvalue weighted by Crippen LogP contribution is 2.28. The van der Waals surface area contributed by atoms with Crippen molar-refractivity contribution in [3.8, 4) is 0 Å². The summed E-state index contributed by atoms with van der Waals surface area (Å²) in [5.74, 6) is 0.843. The highest BCUT2D eigenvalue weighted by molar-refractivity contribution is 5.30. The molecule has 2 heteroatoms. The van der Waals surface area contributed by atoms with E-state index in [2.05, 4.69) is 50.0 Å². The molecule has 2 nitrogen and oxygen atoms in total. The van der Waals surface area contributed by atoms with E-state index in [1.165, 1.54) is 16.7 Å². The van der Waals surface area contributed by atoms with E-state index in [0.29, 0.717) is 5.92 Å². The molecule has 19 heavy (non-hydrogen) atoms. The largest absolute Gasteiger partial charge is 0.323 e. The highest BCUT2D eigenvalue weighted by atomic mass is 14.7. The molecule has 0 saturated heterocycles. The lowest BCUT2D eigenvalue weighted by Crippen LogP contribution is -2.17. The number of benzene rings is 1. The normalized spacial score (nSPS) is 14.4. The fourth-order valence-corrected chi connectivity index (χ4v) is 2.27. The van der Waals surface area contributed by atoms with E-state index in [9.17, 15) is 0 Å². The van der Waals surface area contributed by atoms with Crippen molar-refractivity contribution in [2.45, 2.75) is 38.6 Å². The Bertz CT molecular complexity index is 503. The number of hydrogen-bond acceptors (Lipinski definition) is 2. The van der Waals surface area contributed by atoms with Crippen molar-refractivity contribution in [3.05, 3.63) is 65.5 Å². The summed E-state index contributed by atoms with van der Waals surface area (Å²) in [5, 5.41) is 0. The first-order valence-electron chi connectivity index (χ1n) is 6.85. The Labute approximate surface area is 115 Å². The standard InChI is InChI=1S/C17H22N2/c1-12(2)14-4-6-16(7-5-14)17(18)13(3)15-8-10-19-11-9-15/h4-13,17H,18H2,1-3H3. The first kappa shape index (κ1) is 13.8. The van der Waals surface area contributed by atoms with Crippen molar-refractivity contribution in [1.29, 1.82) is 0 Å². The third-order valence-electron chi connectivity index (χ3n) is 3.76. The lowest BCUT2D eigenvalue weighted by atomic mass is 9.89. The van der Waals surface area contributed by atoms with Crippen LogP contribution in [0.15, 0.2) is 48.8 Å². The minimum absolute atomic E-state index is 0.0172. The van der Waals surface area contributed by atoms with Crippen molar-refractivity contribution in [3.63, 3.8) is 0 Å². The van der Waals surface area contributed by atoms with Gasteiger partial charge in [-0.15, -0.1) is 0 Å². The summed E-state index contributed by atoms with van der Waals surface area (Å²) in [6.07, 6.45) is 3.64. The first-order valence-corrected chi connectivity index (χ1v) is 6.85. The minimum Gasteiger partial charge on any atom is -0.323 e.